The van der Waals surface area contributed by atoms with Gasteiger partial charge in [0.05, 0.1) is 31.9 Å². The maximum absolute atomic E-state index is 10.6. The second-order valence-electron chi connectivity index (χ2n) is 4.11. The molecule has 2 heterocycles. The van der Waals surface area contributed by atoms with E-state index in [0.717, 1.165) is 29.1 Å². The summed E-state index contributed by atoms with van der Waals surface area (Å²) in [5, 5.41) is 17.4. The van der Waals surface area contributed by atoms with Crippen LogP contribution in [0.3, 0.4) is 0 Å². The highest BCUT2D eigenvalue weighted by Crippen LogP contribution is 2.36. The average molecular weight is 372 g/mol. The van der Waals surface area contributed by atoms with Crippen LogP contribution in [-0.2, 0) is 9.59 Å². The maximum Gasteiger partial charge on any atom is 0.313 e. The van der Waals surface area contributed by atoms with Crippen molar-refractivity contribution in [2.24, 2.45) is 0 Å². The van der Waals surface area contributed by atoms with Crippen molar-refractivity contribution in [3.63, 3.8) is 0 Å². The summed E-state index contributed by atoms with van der Waals surface area (Å²) in [6.07, 6.45) is 0. The first-order valence-corrected chi connectivity index (χ1v) is 9.52. The Balaban J connectivity index is 1.88. The van der Waals surface area contributed by atoms with Gasteiger partial charge < -0.3 is 10.2 Å². The van der Waals surface area contributed by atoms with Crippen molar-refractivity contribution in [1.82, 2.24) is 9.97 Å². The third kappa shape index (κ3) is 3.51. The predicted octanol–water partition coefficient (Wildman–Crippen LogP) is 3.26. The Bertz CT molecular complexity index is 754. The van der Waals surface area contributed by atoms with E-state index in [-0.39, 0.29) is 11.5 Å². The Morgan fingerprint density at radius 1 is 0.909 bits per heavy atom. The van der Waals surface area contributed by atoms with E-state index in [1.807, 2.05) is 12.1 Å². The van der Waals surface area contributed by atoms with Gasteiger partial charge in [0.15, 0.2) is 8.68 Å². The lowest BCUT2D eigenvalue weighted by molar-refractivity contribution is -0.134. The Morgan fingerprint density at radius 3 is 1.77 bits per heavy atom. The van der Waals surface area contributed by atoms with Gasteiger partial charge in [-0.05, 0) is 12.1 Å². The van der Waals surface area contributed by atoms with Gasteiger partial charge >= 0.3 is 11.9 Å². The van der Waals surface area contributed by atoms with Gasteiger partial charge in [0.1, 0.15) is 0 Å². The van der Waals surface area contributed by atoms with E-state index in [9.17, 15) is 9.59 Å². The molecule has 0 aliphatic carbocycles. The lowest BCUT2D eigenvalue weighted by Gasteiger charge is -1.89. The maximum atomic E-state index is 10.6. The Labute approximate surface area is 140 Å². The second-order valence-corrected chi connectivity index (χ2v) is 8.62. The zero-order valence-electron chi connectivity index (χ0n) is 10.8. The minimum Gasteiger partial charge on any atom is -0.481 e. The smallest absolute Gasteiger partial charge is 0.313 e. The van der Waals surface area contributed by atoms with Crippen molar-refractivity contribution in [1.29, 1.82) is 0 Å². The minimum atomic E-state index is -0.869. The number of aromatic nitrogens is 2. The number of carbonyl (C=O) groups is 2. The van der Waals surface area contributed by atoms with Gasteiger partial charge in [0.2, 0.25) is 0 Å². The van der Waals surface area contributed by atoms with Crippen LogP contribution in [0.5, 0.6) is 0 Å². The number of nitrogens with zero attached hydrogens (tertiary/aromatic N) is 2. The van der Waals surface area contributed by atoms with Crippen molar-refractivity contribution in [3.05, 3.63) is 12.1 Å². The van der Waals surface area contributed by atoms with Crippen molar-refractivity contribution >= 4 is 78.6 Å². The molecule has 0 saturated carbocycles. The molecular formula is C12H8N2O4S4. The number of carboxylic acids is 2. The van der Waals surface area contributed by atoms with Crippen molar-refractivity contribution in [3.8, 4) is 0 Å². The molecule has 3 aromatic rings. The summed E-state index contributed by atoms with van der Waals surface area (Å²) >= 11 is 5.29. The van der Waals surface area contributed by atoms with Gasteiger partial charge in [0, 0.05) is 0 Å². The molecule has 10 heteroatoms. The number of thioether (sulfide) groups is 2. The highest BCUT2D eigenvalue weighted by molar-refractivity contribution is 8.02. The minimum absolute atomic E-state index is 0.0115. The molecule has 6 nitrogen and oxygen atoms in total. The number of thiazole rings is 2. The molecule has 0 aliphatic rings. The van der Waals surface area contributed by atoms with E-state index in [0.29, 0.717) is 0 Å². The summed E-state index contributed by atoms with van der Waals surface area (Å²) in [7, 11) is 0. The molecule has 0 atom stereocenters. The molecule has 2 N–H and O–H groups in total. The van der Waals surface area contributed by atoms with Crippen LogP contribution in [0.15, 0.2) is 20.8 Å². The van der Waals surface area contributed by atoms with E-state index >= 15 is 0 Å². The second kappa shape index (κ2) is 6.41. The molecule has 0 saturated heterocycles. The summed E-state index contributed by atoms with van der Waals surface area (Å²) in [6, 6.07) is 3.82. The van der Waals surface area contributed by atoms with Crippen LogP contribution in [0.4, 0.5) is 0 Å². The molecule has 0 spiro atoms. The summed E-state index contributed by atoms with van der Waals surface area (Å²) in [6.45, 7) is 0. The molecule has 0 unspecified atom stereocenters. The number of carboxylic acid groups (broad SMARTS) is 2. The molecule has 0 aliphatic heterocycles. The topological polar surface area (TPSA) is 100 Å². The number of aliphatic carboxylic acids is 2. The molecule has 0 fully saturated rings. The van der Waals surface area contributed by atoms with Gasteiger partial charge in [-0.2, -0.15) is 0 Å². The van der Waals surface area contributed by atoms with Crippen LogP contribution in [-0.4, -0.2) is 43.6 Å². The molecule has 0 radical (unpaired) electrons. The van der Waals surface area contributed by atoms with Gasteiger partial charge in [0.25, 0.3) is 0 Å². The highest BCUT2D eigenvalue weighted by Gasteiger charge is 2.12. The average Bonchev–Trinajstić information content (AvgIpc) is 3.02. The first kappa shape index (κ1) is 15.5. The summed E-state index contributed by atoms with van der Waals surface area (Å²) in [5.74, 6) is -1.76. The van der Waals surface area contributed by atoms with Crippen LogP contribution in [0.2, 0.25) is 0 Å². The first-order chi connectivity index (χ1) is 10.5. The standard InChI is InChI=1S/C12H8N2O4S4/c15-9(16)3-19-11-13-5-1-6-8(2-7(5)21-11)22-12(14-6)20-4-10(17)18/h1-2H,3-4H2,(H,15,16)(H,17,18). The van der Waals surface area contributed by atoms with E-state index in [1.54, 1.807) is 0 Å². The monoisotopic (exact) mass is 372 g/mol. The molecule has 1 aromatic carbocycles. The zero-order valence-corrected chi connectivity index (χ0v) is 14.1. The third-order valence-corrected chi connectivity index (χ3v) is 6.79. The number of hydrogen-bond donors (Lipinski definition) is 2. The molecule has 0 bridgehead atoms. The van der Waals surface area contributed by atoms with Crippen molar-refractivity contribution < 1.29 is 19.8 Å². The summed E-state index contributed by atoms with van der Waals surface area (Å²) in [5.41, 5.74) is 1.57. The summed E-state index contributed by atoms with van der Waals surface area (Å²) in [4.78, 5) is 30.0. The Hall–Kier alpha value is -1.36. The van der Waals surface area contributed by atoms with E-state index in [4.69, 9.17) is 10.2 Å². The summed E-state index contributed by atoms with van der Waals surface area (Å²) < 4.78 is 3.38. The molecular weight excluding hydrogens is 364 g/mol. The normalized spacial score (nSPS) is 11.3. The van der Waals surface area contributed by atoms with Gasteiger partial charge in [-0.25, -0.2) is 9.97 Å². The SMILES string of the molecule is O=C(O)CSc1nc2cc3nc(SCC(=O)O)sc3cc2s1. The number of benzene rings is 1. The van der Waals surface area contributed by atoms with Crippen LogP contribution >= 0.6 is 46.2 Å². The van der Waals surface area contributed by atoms with E-state index in [1.165, 1.54) is 46.2 Å². The largest absolute Gasteiger partial charge is 0.481 e. The van der Waals surface area contributed by atoms with E-state index < -0.39 is 11.9 Å². The molecule has 3 rings (SSSR count). The molecule has 0 amide bonds. The van der Waals surface area contributed by atoms with Crippen molar-refractivity contribution in [2.45, 2.75) is 8.68 Å². The van der Waals surface area contributed by atoms with Gasteiger partial charge in [-0.15, -0.1) is 22.7 Å². The van der Waals surface area contributed by atoms with E-state index in [2.05, 4.69) is 9.97 Å². The predicted molar refractivity (Wildman–Crippen MR) is 89.5 cm³/mol. The van der Waals surface area contributed by atoms with Gasteiger partial charge in [-0.3, -0.25) is 9.59 Å². The lowest BCUT2D eigenvalue weighted by atomic mass is 10.3. The van der Waals surface area contributed by atoms with Gasteiger partial charge in [-0.1, -0.05) is 23.5 Å². The fourth-order valence-electron chi connectivity index (χ4n) is 1.68. The Morgan fingerprint density at radius 2 is 1.36 bits per heavy atom. The molecule has 22 heavy (non-hydrogen) atoms. The number of hydrogen-bond acceptors (Lipinski definition) is 8. The fourth-order valence-corrected chi connectivity index (χ4v) is 5.37. The van der Waals surface area contributed by atoms with Crippen LogP contribution in [0, 0.1) is 0 Å². The Kier molecular flexibility index (Phi) is 4.52. The number of rotatable bonds is 6. The third-order valence-electron chi connectivity index (χ3n) is 2.50. The quantitative estimate of drug-likeness (QED) is 0.636. The molecule has 114 valence electrons. The fraction of sp³-hybridized carbons (Fsp3) is 0.167. The zero-order chi connectivity index (χ0) is 15.7. The first-order valence-electron chi connectivity index (χ1n) is 5.91. The number of fused-ring (bicyclic) bond motifs is 2. The van der Waals surface area contributed by atoms with Crippen LogP contribution in [0.25, 0.3) is 20.4 Å². The molecule has 2 aromatic heterocycles. The lowest BCUT2D eigenvalue weighted by Crippen LogP contribution is -1.96. The van der Waals surface area contributed by atoms with Crippen molar-refractivity contribution in [2.75, 3.05) is 11.5 Å². The van der Waals surface area contributed by atoms with Crippen LogP contribution < -0.4 is 0 Å². The van der Waals surface area contributed by atoms with Crippen LogP contribution in [0.1, 0.15) is 0 Å². The highest BCUT2D eigenvalue weighted by atomic mass is 32.2.